The highest BCUT2D eigenvalue weighted by molar-refractivity contribution is 5.50. The Morgan fingerprint density at radius 1 is 1.15 bits per heavy atom. The maximum Gasteiger partial charge on any atom is 0.126 e. The van der Waals surface area contributed by atoms with E-state index in [-0.39, 0.29) is 0 Å². The van der Waals surface area contributed by atoms with E-state index in [1.165, 1.54) is 23.3 Å². The lowest BCUT2D eigenvalue weighted by Crippen LogP contribution is -2.01. The summed E-state index contributed by atoms with van der Waals surface area (Å²) in [4.78, 5) is 0. The monoisotopic (exact) mass is 267 g/mol. The normalized spacial score (nSPS) is 12.8. The van der Waals surface area contributed by atoms with Crippen molar-refractivity contribution in [3.63, 3.8) is 0 Å². The summed E-state index contributed by atoms with van der Waals surface area (Å²) in [5.41, 5.74) is 4.76. The molecule has 1 aliphatic rings. The van der Waals surface area contributed by atoms with Crippen LogP contribution in [0.2, 0.25) is 0 Å². The molecule has 2 aromatic carbocycles. The molecule has 3 nitrogen and oxygen atoms in total. The smallest absolute Gasteiger partial charge is 0.126 e. The summed E-state index contributed by atoms with van der Waals surface area (Å²) >= 11 is 0. The Labute approximate surface area is 117 Å². The third kappa shape index (κ3) is 2.63. The fourth-order valence-electron chi connectivity index (χ4n) is 2.42. The summed E-state index contributed by atoms with van der Waals surface area (Å²) in [7, 11) is 0. The van der Waals surface area contributed by atoms with Crippen molar-refractivity contribution in [1.82, 2.24) is 5.32 Å². The van der Waals surface area contributed by atoms with Crippen LogP contribution in [0.25, 0.3) is 0 Å². The molecule has 0 atom stereocenters. The first-order valence-corrected chi connectivity index (χ1v) is 6.50. The zero-order valence-corrected chi connectivity index (χ0v) is 10.9. The van der Waals surface area contributed by atoms with Gasteiger partial charge in [-0.3, -0.25) is 0 Å². The third-order valence-corrected chi connectivity index (χ3v) is 3.43. The van der Waals surface area contributed by atoms with Gasteiger partial charge in [0.25, 0.3) is 0 Å². The molecule has 0 spiro atoms. The van der Waals surface area contributed by atoms with Crippen LogP contribution in [-0.4, -0.2) is 0 Å². The first-order valence-electron chi connectivity index (χ1n) is 6.50. The molecule has 2 aromatic rings. The molecule has 0 amide bonds. The molecule has 3 rings (SSSR count). The van der Waals surface area contributed by atoms with Crippen LogP contribution in [0.1, 0.15) is 22.3 Å². The number of nitriles is 1. The van der Waals surface area contributed by atoms with E-state index in [9.17, 15) is 4.39 Å². The molecule has 0 saturated heterocycles. The lowest BCUT2D eigenvalue weighted by Gasteiger charge is -2.08. The number of anilines is 1. The van der Waals surface area contributed by atoms with Gasteiger partial charge in [0.1, 0.15) is 5.82 Å². The standard InChI is InChI=1S/C16H14FN3/c17-15-4-12(7-18)5-16(6-15)20-8-11-1-2-13-9-19-10-14(13)3-11/h1-6,19-20H,8-10H2. The average Bonchev–Trinajstić information content (AvgIpc) is 2.92. The highest BCUT2D eigenvalue weighted by Crippen LogP contribution is 2.19. The number of rotatable bonds is 3. The number of nitrogens with one attached hydrogen (secondary N) is 2. The van der Waals surface area contributed by atoms with Gasteiger partial charge in [0.2, 0.25) is 0 Å². The third-order valence-electron chi connectivity index (χ3n) is 3.43. The maximum atomic E-state index is 13.3. The van der Waals surface area contributed by atoms with Crippen LogP contribution < -0.4 is 10.6 Å². The second-order valence-corrected chi connectivity index (χ2v) is 4.90. The van der Waals surface area contributed by atoms with Gasteiger partial charge in [0, 0.05) is 25.3 Å². The van der Waals surface area contributed by atoms with E-state index in [2.05, 4.69) is 28.8 Å². The molecule has 0 aliphatic carbocycles. The Morgan fingerprint density at radius 2 is 2.00 bits per heavy atom. The number of nitrogens with zero attached hydrogens (tertiary/aromatic N) is 1. The van der Waals surface area contributed by atoms with Crippen LogP contribution >= 0.6 is 0 Å². The van der Waals surface area contributed by atoms with E-state index < -0.39 is 5.82 Å². The molecule has 0 unspecified atom stereocenters. The fourth-order valence-corrected chi connectivity index (χ4v) is 2.42. The summed E-state index contributed by atoms with van der Waals surface area (Å²) < 4.78 is 13.3. The van der Waals surface area contributed by atoms with Crippen LogP contribution in [0.5, 0.6) is 0 Å². The Balaban J connectivity index is 1.73. The van der Waals surface area contributed by atoms with Crippen molar-refractivity contribution < 1.29 is 4.39 Å². The van der Waals surface area contributed by atoms with Gasteiger partial charge in [0.05, 0.1) is 11.6 Å². The highest BCUT2D eigenvalue weighted by Gasteiger charge is 2.09. The molecule has 1 heterocycles. The molecule has 2 N–H and O–H groups in total. The van der Waals surface area contributed by atoms with Crippen molar-refractivity contribution in [2.24, 2.45) is 0 Å². The van der Waals surface area contributed by atoms with Gasteiger partial charge < -0.3 is 10.6 Å². The maximum absolute atomic E-state index is 13.3. The number of fused-ring (bicyclic) bond motifs is 1. The quantitative estimate of drug-likeness (QED) is 0.899. The largest absolute Gasteiger partial charge is 0.381 e. The number of hydrogen-bond acceptors (Lipinski definition) is 3. The number of benzene rings is 2. The van der Waals surface area contributed by atoms with Crippen molar-refractivity contribution in [3.8, 4) is 6.07 Å². The summed E-state index contributed by atoms with van der Waals surface area (Å²) in [6.45, 7) is 2.45. The Hall–Kier alpha value is -2.38. The zero-order valence-electron chi connectivity index (χ0n) is 10.9. The first-order chi connectivity index (χ1) is 9.74. The molecule has 4 heteroatoms. The van der Waals surface area contributed by atoms with E-state index >= 15 is 0 Å². The van der Waals surface area contributed by atoms with E-state index in [0.29, 0.717) is 17.8 Å². The lowest BCUT2D eigenvalue weighted by molar-refractivity contribution is 0.627. The minimum atomic E-state index is -0.398. The van der Waals surface area contributed by atoms with Gasteiger partial charge in [-0.25, -0.2) is 4.39 Å². The zero-order chi connectivity index (χ0) is 13.9. The molecular formula is C16H14FN3. The van der Waals surface area contributed by atoms with E-state index in [1.807, 2.05) is 6.07 Å². The van der Waals surface area contributed by atoms with Gasteiger partial charge in [-0.05, 0) is 34.9 Å². The van der Waals surface area contributed by atoms with Gasteiger partial charge in [-0.2, -0.15) is 5.26 Å². The summed E-state index contributed by atoms with van der Waals surface area (Å²) in [5, 5.41) is 15.3. The van der Waals surface area contributed by atoms with Crippen molar-refractivity contribution in [2.75, 3.05) is 5.32 Å². The SMILES string of the molecule is N#Cc1cc(F)cc(NCc2ccc3c(c2)CNC3)c1. The first kappa shape index (κ1) is 12.6. The van der Waals surface area contributed by atoms with Crippen molar-refractivity contribution in [3.05, 3.63) is 64.5 Å². The minimum Gasteiger partial charge on any atom is -0.381 e. The van der Waals surface area contributed by atoms with Gasteiger partial charge >= 0.3 is 0 Å². The van der Waals surface area contributed by atoms with Crippen molar-refractivity contribution in [1.29, 1.82) is 5.26 Å². The average molecular weight is 267 g/mol. The van der Waals surface area contributed by atoms with Crippen LogP contribution in [0.15, 0.2) is 36.4 Å². The topological polar surface area (TPSA) is 47.9 Å². The summed E-state index contributed by atoms with van der Waals surface area (Å²) in [6.07, 6.45) is 0. The molecular weight excluding hydrogens is 253 g/mol. The second kappa shape index (κ2) is 5.32. The molecule has 20 heavy (non-hydrogen) atoms. The molecule has 0 bridgehead atoms. The molecule has 100 valence electrons. The van der Waals surface area contributed by atoms with Gasteiger partial charge in [-0.15, -0.1) is 0 Å². The van der Waals surface area contributed by atoms with Gasteiger partial charge in [0.15, 0.2) is 0 Å². The van der Waals surface area contributed by atoms with Crippen molar-refractivity contribution in [2.45, 2.75) is 19.6 Å². The molecule has 0 aromatic heterocycles. The van der Waals surface area contributed by atoms with Gasteiger partial charge in [-0.1, -0.05) is 18.2 Å². The Morgan fingerprint density at radius 3 is 2.85 bits per heavy atom. The van der Waals surface area contributed by atoms with Crippen LogP contribution in [-0.2, 0) is 19.6 Å². The van der Waals surface area contributed by atoms with Crippen molar-refractivity contribution >= 4 is 5.69 Å². The highest BCUT2D eigenvalue weighted by atomic mass is 19.1. The molecule has 0 saturated carbocycles. The molecule has 0 radical (unpaired) electrons. The fraction of sp³-hybridized carbons (Fsp3) is 0.188. The van der Waals surface area contributed by atoms with Crippen LogP contribution in [0, 0.1) is 17.1 Å². The predicted molar refractivity (Wildman–Crippen MR) is 75.4 cm³/mol. The van der Waals surface area contributed by atoms with Crippen LogP contribution in [0.4, 0.5) is 10.1 Å². The Kier molecular flexibility index (Phi) is 3.36. The summed E-state index contributed by atoms with van der Waals surface area (Å²) in [5.74, 6) is -0.398. The van der Waals surface area contributed by atoms with E-state index in [4.69, 9.17) is 5.26 Å². The number of hydrogen-bond donors (Lipinski definition) is 2. The molecule has 1 aliphatic heterocycles. The van der Waals surface area contributed by atoms with Crippen LogP contribution in [0.3, 0.4) is 0 Å². The lowest BCUT2D eigenvalue weighted by atomic mass is 10.1. The summed E-state index contributed by atoms with van der Waals surface area (Å²) in [6, 6.07) is 12.6. The minimum absolute atomic E-state index is 0.325. The Bertz CT molecular complexity index is 689. The number of halogens is 1. The predicted octanol–water partition coefficient (Wildman–Crippen LogP) is 2.91. The second-order valence-electron chi connectivity index (χ2n) is 4.90. The molecule has 0 fully saturated rings. The van der Waals surface area contributed by atoms with E-state index in [1.54, 1.807) is 6.07 Å². The van der Waals surface area contributed by atoms with E-state index in [0.717, 1.165) is 18.7 Å².